The molecule has 0 radical (unpaired) electrons. The molecule has 0 N–H and O–H groups in total. The number of nitrogens with zero attached hydrogens (tertiary/aromatic N) is 1. The Morgan fingerprint density at radius 3 is 2.76 bits per heavy atom. The molecule has 2 aromatic rings. The van der Waals surface area contributed by atoms with E-state index in [4.69, 9.17) is 4.18 Å². The smallest absolute Gasteiger partial charge is 0.264 e. The number of fused-ring (bicyclic) bond motifs is 1. The summed E-state index contributed by atoms with van der Waals surface area (Å²) in [6, 6.07) is 7.83. The summed E-state index contributed by atoms with van der Waals surface area (Å²) in [7, 11) is -3.40. The van der Waals surface area contributed by atoms with E-state index in [0.717, 1.165) is 21.5 Å². The molecule has 4 nitrogen and oxygen atoms in total. The van der Waals surface area contributed by atoms with Crippen molar-refractivity contribution in [3.8, 4) is 0 Å². The van der Waals surface area contributed by atoms with Crippen molar-refractivity contribution in [1.82, 2.24) is 4.98 Å². The Morgan fingerprint density at radius 1 is 1.41 bits per heavy atom. The van der Waals surface area contributed by atoms with Crippen molar-refractivity contribution in [2.45, 2.75) is 19.4 Å². The molecule has 2 rings (SSSR count). The summed E-state index contributed by atoms with van der Waals surface area (Å²) in [6.45, 7) is 1.73. The van der Waals surface area contributed by atoms with Crippen LogP contribution in [0.2, 0.25) is 0 Å². The van der Waals surface area contributed by atoms with E-state index in [1.807, 2.05) is 24.3 Å². The topological polar surface area (TPSA) is 56.3 Å². The number of hydrogen-bond donors (Lipinski definition) is 0. The van der Waals surface area contributed by atoms with Crippen molar-refractivity contribution >= 4 is 31.7 Å². The maximum Gasteiger partial charge on any atom is 0.264 e. The largest absolute Gasteiger partial charge is 0.267 e. The summed E-state index contributed by atoms with van der Waals surface area (Å²) in [5.74, 6) is 0. The molecule has 0 fully saturated rings. The van der Waals surface area contributed by atoms with E-state index in [2.05, 4.69) is 4.98 Å². The Labute approximate surface area is 104 Å². The minimum absolute atomic E-state index is 0.384. The van der Waals surface area contributed by atoms with E-state index in [0.29, 0.717) is 6.42 Å². The van der Waals surface area contributed by atoms with Crippen molar-refractivity contribution in [1.29, 1.82) is 0 Å². The van der Waals surface area contributed by atoms with Crippen molar-refractivity contribution in [2.75, 3.05) is 6.26 Å². The zero-order valence-electron chi connectivity index (χ0n) is 9.58. The summed E-state index contributed by atoms with van der Waals surface area (Å²) in [5.41, 5.74) is 0.944. The molecular weight excluding hydrogens is 258 g/mol. The highest BCUT2D eigenvalue weighted by Crippen LogP contribution is 2.23. The Morgan fingerprint density at radius 2 is 2.12 bits per heavy atom. The van der Waals surface area contributed by atoms with Crippen molar-refractivity contribution in [3.63, 3.8) is 0 Å². The zero-order chi connectivity index (χ0) is 12.5. The minimum atomic E-state index is -3.40. The first kappa shape index (κ1) is 12.5. The van der Waals surface area contributed by atoms with E-state index in [1.165, 1.54) is 0 Å². The molecule has 0 aliphatic heterocycles. The lowest BCUT2D eigenvalue weighted by molar-refractivity contribution is 0.232. The van der Waals surface area contributed by atoms with Gasteiger partial charge in [0, 0.05) is 6.42 Å². The van der Waals surface area contributed by atoms with Gasteiger partial charge in [-0.3, -0.25) is 4.18 Å². The lowest BCUT2D eigenvalue weighted by atomic mass is 10.3. The Balaban J connectivity index is 2.13. The lowest BCUT2D eigenvalue weighted by Gasteiger charge is -2.08. The molecule has 1 heterocycles. The molecular formula is C11H13NO3S2. The third-order valence-electron chi connectivity index (χ3n) is 2.14. The number of thiazole rings is 1. The van der Waals surface area contributed by atoms with Gasteiger partial charge in [-0.25, -0.2) is 4.98 Å². The fourth-order valence-corrected chi connectivity index (χ4v) is 3.33. The molecule has 0 spiro atoms. The number of benzene rings is 1. The van der Waals surface area contributed by atoms with Crippen molar-refractivity contribution < 1.29 is 12.6 Å². The summed E-state index contributed by atoms with van der Waals surface area (Å²) < 4.78 is 27.9. The molecule has 6 heteroatoms. The average Bonchev–Trinajstić information content (AvgIpc) is 2.55. The van der Waals surface area contributed by atoms with Crippen LogP contribution in [0.4, 0.5) is 0 Å². The second kappa shape index (κ2) is 4.72. The van der Waals surface area contributed by atoms with Gasteiger partial charge in [0.25, 0.3) is 10.1 Å². The molecule has 0 aliphatic rings. The first-order chi connectivity index (χ1) is 7.94. The van der Waals surface area contributed by atoms with Crippen LogP contribution in [0.25, 0.3) is 10.2 Å². The van der Waals surface area contributed by atoms with E-state index < -0.39 is 10.1 Å². The average molecular weight is 271 g/mol. The molecule has 92 valence electrons. The van der Waals surface area contributed by atoms with Gasteiger partial charge < -0.3 is 0 Å². The van der Waals surface area contributed by atoms with Crippen LogP contribution in [-0.2, 0) is 20.7 Å². The molecule has 1 aromatic heterocycles. The fraction of sp³-hybridized carbons (Fsp3) is 0.364. The van der Waals surface area contributed by atoms with Gasteiger partial charge in [0.2, 0.25) is 0 Å². The Bertz CT molecular complexity index is 585. The molecule has 0 saturated heterocycles. The molecule has 1 aromatic carbocycles. The summed E-state index contributed by atoms with van der Waals surface area (Å²) in [6.07, 6.45) is 1.18. The first-order valence-electron chi connectivity index (χ1n) is 5.17. The number of hydrogen-bond acceptors (Lipinski definition) is 5. The molecule has 0 aliphatic carbocycles. The highest BCUT2D eigenvalue weighted by molar-refractivity contribution is 7.86. The van der Waals surface area contributed by atoms with E-state index in [9.17, 15) is 8.42 Å². The minimum Gasteiger partial charge on any atom is -0.267 e. The SMILES string of the molecule is CC(Cc1nc2ccccc2s1)OS(C)(=O)=O. The summed E-state index contributed by atoms with van der Waals surface area (Å²) in [5, 5.41) is 0.891. The van der Waals surface area contributed by atoms with Gasteiger partial charge in [0.05, 0.1) is 27.6 Å². The van der Waals surface area contributed by atoms with Gasteiger partial charge >= 0.3 is 0 Å². The van der Waals surface area contributed by atoms with Crippen LogP contribution in [0.5, 0.6) is 0 Å². The summed E-state index contributed by atoms with van der Waals surface area (Å²) >= 11 is 1.57. The van der Waals surface area contributed by atoms with Crippen LogP contribution < -0.4 is 0 Å². The van der Waals surface area contributed by atoms with Gasteiger partial charge in [-0.2, -0.15) is 8.42 Å². The molecule has 17 heavy (non-hydrogen) atoms. The third kappa shape index (κ3) is 3.49. The van der Waals surface area contributed by atoms with Crippen LogP contribution in [0.3, 0.4) is 0 Å². The number of aromatic nitrogens is 1. The molecule has 0 amide bonds. The van der Waals surface area contributed by atoms with E-state index >= 15 is 0 Å². The van der Waals surface area contributed by atoms with Crippen LogP contribution in [-0.4, -0.2) is 25.8 Å². The zero-order valence-corrected chi connectivity index (χ0v) is 11.2. The normalized spacial score (nSPS) is 14.0. The van der Waals surface area contributed by atoms with Crippen LogP contribution in [0.15, 0.2) is 24.3 Å². The quantitative estimate of drug-likeness (QED) is 0.800. The van der Waals surface area contributed by atoms with Crippen LogP contribution in [0.1, 0.15) is 11.9 Å². The predicted octanol–water partition coefficient (Wildman–Crippen LogP) is 2.20. The molecule has 1 atom stereocenters. The highest BCUT2D eigenvalue weighted by Gasteiger charge is 2.13. The lowest BCUT2D eigenvalue weighted by Crippen LogP contribution is -2.16. The molecule has 1 unspecified atom stereocenters. The van der Waals surface area contributed by atoms with Gasteiger partial charge in [0.1, 0.15) is 0 Å². The maximum atomic E-state index is 11.0. The van der Waals surface area contributed by atoms with Gasteiger partial charge in [-0.1, -0.05) is 12.1 Å². The van der Waals surface area contributed by atoms with Crippen LogP contribution in [0, 0.1) is 0 Å². The van der Waals surface area contributed by atoms with Crippen molar-refractivity contribution in [2.24, 2.45) is 0 Å². The molecule has 0 saturated carbocycles. The monoisotopic (exact) mass is 271 g/mol. The fourth-order valence-electron chi connectivity index (χ4n) is 1.59. The number of para-hydroxylation sites is 1. The third-order valence-corrected chi connectivity index (χ3v) is 3.88. The Hall–Kier alpha value is -0.980. The number of rotatable bonds is 4. The van der Waals surface area contributed by atoms with Crippen LogP contribution >= 0.6 is 11.3 Å². The molecule has 0 bridgehead atoms. The second-order valence-electron chi connectivity index (χ2n) is 3.89. The van der Waals surface area contributed by atoms with Gasteiger partial charge in [0.15, 0.2) is 0 Å². The van der Waals surface area contributed by atoms with Gasteiger partial charge in [-0.15, -0.1) is 11.3 Å². The Kier molecular flexibility index (Phi) is 3.46. The summed E-state index contributed by atoms with van der Waals surface area (Å²) in [4.78, 5) is 4.43. The van der Waals surface area contributed by atoms with E-state index in [-0.39, 0.29) is 6.10 Å². The van der Waals surface area contributed by atoms with Crippen molar-refractivity contribution in [3.05, 3.63) is 29.3 Å². The van der Waals surface area contributed by atoms with Gasteiger partial charge in [-0.05, 0) is 19.1 Å². The first-order valence-corrected chi connectivity index (χ1v) is 7.80. The predicted molar refractivity (Wildman–Crippen MR) is 68.7 cm³/mol. The second-order valence-corrected chi connectivity index (χ2v) is 6.61. The maximum absolute atomic E-state index is 11.0. The highest BCUT2D eigenvalue weighted by atomic mass is 32.2. The standard InChI is InChI=1S/C11H13NO3S2/c1-8(15-17(2,13)14)7-11-12-9-5-3-4-6-10(9)16-11/h3-6,8H,7H2,1-2H3. The van der Waals surface area contributed by atoms with E-state index in [1.54, 1.807) is 18.3 Å².